The first-order chi connectivity index (χ1) is 10.5. The molecule has 0 aromatic carbocycles. The molecule has 0 radical (unpaired) electrons. The number of sulfonamides is 1. The average Bonchev–Trinajstić information content (AvgIpc) is 3.22. The molecule has 4 rings (SSSR count). The van der Waals surface area contributed by atoms with Crippen LogP contribution in [0.3, 0.4) is 0 Å². The Labute approximate surface area is 135 Å². The highest BCUT2D eigenvalue weighted by molar-refractivity contribution is 7.91. The molecule has 1 saturated heterocycles. The smallest absolute Gasteiger partial charge is 0.249 e. The van der Waals surface area contributed by atoms with Crippen LogP contribution >= 0.6 is 11.3 Å². The largest absolute Gasteiger partial charge is 0.345 e. The lowest BCUT2D eigenvalue weighted by Crippen LogP contribution is -2.51. The standard InChI is InChI=1S/C14H22N4O2S2/c15-22(19,20)13-9-16-14(21-13)18-5-3-17(4-6-18)12-8-10-1-2-11(12)7-10/h9-12H,1-8H2,(H2,15,19,20)/t10-,11-,12+/m0/s1. The van der Waals surface area contributed by atoms with Crippen LogP contribution in [0.4, 0.5) is 5.13 Å². The first-order valence-electron chi connectivity index (χ1n) is 7.98. The number of nitrogens with two attached hydrogens (primary N) is 1. The van der Waals surface area contributed by atoms with Gasteiger partial charge in [-0.05, 0) is 31.1 Å². The van der Waals surface area contributed by atoms with Gasteiger partial charge in [0.15, 0.2) is 9.34 Å². The molecule has 2 bridgehead atoms. The van der Waals surface area contributed by atoms with E-state index in [-0.39, 0.29) is 4.21 Å². The summed E-state index contributed by atoms with van der Waals surface area (Å²) >= 11 is 1.18. The fourth-order valence-corrected chi connectivity index (χ4v) is 6.02. The lowest BCUT2D eigenvalue weighted by atomic mass is 9.93. The molecule has 3 atom stereocenters. The van der Waals surface area contributed by atoms with Crippen molar-refractivity contribution >= 4 is 26.5 Å². The molecule has 2 saturated carbocycles. The molecule has 0 spiro atoms. The molecule has 1 aromatic heterocycles. The lowest BCUT2D eigenvalue weighted by Gasteiger charge is -2.40. The number of hydrogen-bond donors (Lipinski definition) is 1. The van der Waals surface area contributed by atoms with Crippen LogP contribution in [-0.4, -0.2) is 50.5 Å². The zero-order valence-corrected chi connectivity index (χ0v) is 14.2. The van der Waals surface area contributed by atoms with Gasteiger partial charge in [0.1, 0.15) is 0 Å². The van der Waals surface area contributed by atoms with Gasteiger partial charge in [-0.2, -0.15) is 0 Å². The Bertz CT molecular complexity index is 652. The van der Waals surface area contributed by atoms with E-state index < -0.39 is 10.0 Å². The maximum Gasteiger partial charge on any atom is 0.249 e. The Balaban J connectivity index is 1.39. The minimum atomic E-state index is -3.63. The van der Waals surface area contributed by atoms with E-state index in [9.17, 15) is 8.42 Å². The Morgan fingerprint density at radius 2 is 1.95 bits per heavy atom. The Hall–Kier alpha value is -0.700. The third kappa shape index (κ3) is 2.66. The summed E-state index contributed by atoms with van der Waals surface area (Å²) in [5.74, 6) is 1.90. The summed E-state index contributed by atoms with van der Waals surface area (Å²) in [7, 11) is -3.63. The number of thiazole rings is 1. The van der Waals surface area contributed by atoms with Gasteiger partial charge >= 0.3 is 0 Å². The Morgan fingerprint density at radius 1 is 1.18 bits per heavy atom. The van der Waals surface area contributed by atoms with E-state index in [2.05, 4.69) is 14.8 Å². The molecule has 2 aliphatic carbocycles. The predicted molar refractivity (Wildman–Crippen MR) is 86.5 cm³/mol. The summed E-state index contributed by atoms with van der Waals surface area (Å²) in [5, 5.41) is 5.93. The van der Waals surface area contributed by atoms with Crippen molar-refractivity contribution in [3.63, 3.8) is 0 Å². The molecule has 2 N–H and O–H groups in total. The van der Waals surface area contributed by atoms with Crippen molar-refractivity contribution in [2.75, 3.05) is 31.1 Å². The van der Waals surface area contributed by atoms with E-state index in [0.717, 1.165) is 49.2 Å². The lowest BCUT2D eigenvalue weighted by molar-refractivity contribution is 0.135. The van der Waals surface area contributed by atoms with Crippen molar-refractivity contribution in [1.82, 2.24) is 9.88 Å². The minimum Gasteiger partial charge on any atom is -0.345 e. The van der Waals surface area contributed by atoms with Gasteiger partial charge in [0, 0.05) is 32.2 Å². The fraction of sp³-hybridized carbons (Fsp3) is 0.786. The summed E-state index contributed by atoms with van der Waals surface area (Å²) in [5.41, 5.74) is 0. The molecule has 1 aromatic rings. The van der Waals surface area contributed by atoms with E-state index in [1.165, 1.54) is 43.2 Å². The van der Waals surface area contributed by atoms with Crippen molar-refractivity contribution < 1.29 is 8.42 Å². The Morgan fingerprint density at radius 3 is 2.50 bits per heavy atom. The molecule has 0 amide bonds. The Kier molecular flexibility index (Phi) is 3.67. The van der Waals surface area contributed by atoms with Crippen LogP contribution in [-0.2, 0) is 10.0 Å². The molecule has 122 valence electrons. The topological polar surface area (TPSA) is 79.5 Å². The molecule has 6 nitrogen and oxygen atoms in total. The quantitative estimate of drug-likeness (QED) is 0.890. The van der Waals surface area contributed by atoms with E-state index in [1.807, 2.05) is 0 Å². The molecule has 2 heterocycles. The van der Waals surface area contributed by atoms with Gasteiger partial charge in [0.2, 0.25) is 10.0 Å². The van der Waals surface area contributed by atoms with Crippen LogP contribution < -0.4 is 10.0 Å². The second-order valence-electron chi connectivity index (χ2n) is 6.77. The maximum atomic E-state index is 11.3. The van der Waals surface area contributed by atoms with E-state index in [0.29, 0.717) is 0 Å². The molecule has 8 heteroatoms. The number of nitrogens with zero attached hydrogens (tertiary/aromatic N) is 3. The van der Waals surface area contributed by atoms with Crippen LogP contribution in [0.15, 0.2) is 10.4 Å². The van der Waals surface area contributed by atoms with Crippen molar-refractivity contribution in [1.29, 1.82) is 0 Å². The number of rotatable bonds is 3. The number of primary sulfonamides is 1. The van der Waals surface area contributed by atoms with Crippen molar-refractivity contribution in [3.05, 3.63) is 6.20 Å². The van der Waals surface area contributed by atoms with Crippen LogP contribution in [0.2, 0.25) is 0 Å². The maximum absolute atomic E-state index is 11.3. The van der Waals surface area contributed by atoms with Crippen LogP contribution in [0.25, 0.3) is 0 Å². The number of fused-ring (bicyclic) bond motifs is 2. The summed E-state index contributed by atoms with van der Waals surface area (Å²) in [6, 6.07) is 0.789. The second kappa shape index (κ2) is 5.43. The molecular formula is C14H22N4O2S2. The zero-order chi connectivity index (χ0) is 15.3. The summed E-state index contributed by atoms with van der Waals surface area (Å²) < 4.78 is 22.9. The molecule has 0 unspecified atom stereocenters. The van der Waals surface area contributed by atoms with Crippen LogP contribution in [0, 0.1) is 11.8 Å². The molecule has 1 aliphatic heterocycles. The third-order valence-electron chi connectivity index (χ3n) is 5.51. The first kappa shape index (κ1) is 14.9. The monoisotopic (exact) mass is 342 g/mol. The molecule has 3 aliphatic rings. The number of aromatic nitrogens is 1. The SMILES string of the molecule is NS(=O)(=O)c1cnc(N2CCN([C@@H]3C[C@H]4CC[C@H]3C4)CC2)s1. The van der Waals surface area contributed by atoms with Crippen LogP contribution in [0.1, 0.15) is 25.7 Å². The summed E-state index contributed by atoms with van der Waals surface area (Å²) in [4.78, 5) is 9.06. The highest BCUT2D eigenvalue weighted by Crippen LogP contribution is 2.46. The molecule has 3 fully saturated rings. The van der Waals surface area contributed by atoms with Crippen LogP contribution in [0.5, 0.6) is 0 Å². The number of anilines is 1. The second-order valence-corrected chi connectivity index (χ2v) is 9.57. The highest BCUT2D eigenvalue weighted by atomic mass is 32.2. The predicted octanol–water partition coefficient (Wildman–Crippen LogP) is 1.10. The summed E-state index contributed by atoms with van der Waals surface area (Å²) in [6.07, 6.45) is 7.06. The van der Waals surface area contributed by atoms with Gasteiger partial charge in [-0.3, -0.25) is 4.90 Å². The summed E-state index contributed by atoms with van der Waals surface area (Å²) in [6.45, 7) is 3.95. The fourth-order valence-electron chi connectivity index (χ4n) is 4.43. The number of hydrogen-bond acceptors (Lipinski definition) is 6. The normalized spacial score (nSPS) is 32.8. The first-order valence-corrected chi connectivity index (χ1v) is 10.3. The van der Waals surface area contributed by atoms with Gasteiger partial charge in [-0.1, -0.05) is 17.8 Å². The van der Waals surface area contributed by atoms with E-state index in [4.69, 9.17) is 5.14 Å². The molecule has 22 heavy (non-hydrogen) atoms. The van der Waals surface area contributed by atoms with Gasteiger partial charge in [-0.15, -0.1) is 0 Å². The molecular weight excluding hydrogens is 320 g/mol. The average molecular weight is 342 g/mol. The van der Waals surface area contributed by atoms with Gasteiger partial charge in [0.25, 0.3) is 0 Å². The van der Waals surface area contributed by atoms with Gasteiger partial charge in [-0.25, -0.2) is 18.5 Å². The van der Waals surface area contributed by atoms with Gasteiger partial charge in [0.05, 0.1) is 6.20 Å². The minimum absolute atomic E-state index is 0.151. The van der Waals surface area contributed by atoms with Crippen molar-refractivity contribution in [3.8, 4) is 0 Å². The zero-order valence-electron chi connectivity index (χ0n) is 12.5. The van der Waals surface area contributed by atoms with Crippen molar-refractivity contribution in [2.24, 2.45) is 17.0 Å². The van der Waals surface area contributed by atoms with Gasteiger partial charge < -0.3 is 4.90 Å². The third-order valence-corrected chi connectivity index (χ3v) is 7.97. The van der Waals surface area contributed by atoms with E-state index >= 15 is 0 Å². The number of piperazine rings is 1. The van der Waals surface area contributed by atoms with Crippen molar-refractivity contribution in [2.45, 2.75) is 35.9 Å². The highest BCUT2D eigenvalue weighted by Gasteiger charge is 2.42. The van der Waals surface area contributed by atoms with E-state index in [1.54, 1.807) is 0 Å².